The Morgan fingerprint density at radius 1 is 1.03 bits per heavy atom. The second-order valence-corrected chi connectivity index (χ2v) is 22.1. The van der Waals surface area contributed by atoms with Gasteiger partial charge in [0, 0.05) is 76.1 Å². The standard InChI is InChI=1S/C48H50F2IN6O10PS/c1-47(2,3)41(54-43(61)38-26-29-25-30(13-19-37(29)69-38)48(49,50)68(65,66)67)46(64)56-23-8-12-36(56)45(63)55(32-16-14-31(51)15-17-32)24-21-39(58)52-22-6-4-5-9-28-10-7-11-33-34(28)27-57(44(33)62)35-18-20-40(59)53-42(35)60/h7,10-11,13-17,19,25-26,35-36,41H,4,6,8,12,18,20-24,27H2,1-3H3,(H,52,58)(H,54,61)(H,53,59,60)(H2,65,66,67)/t35?,36-,41?/m0/s1. The molecule has 21 heteroatoms. The first-order valence-electron chi connectivity index (χ1n) is 22.2. The van der Waals surface area contributed by atoms with Crippen molar-refractivity contribution >= 4 is 98.6 Å². The molecule has 2 unspecified atom stereocenters. The van der Waals surface area contributed by atoms with Crippen LogP contribution >= 0.6 is 41.5 Å². The highest BCUT2D eigenvalue weighted by molar-refractivity contribution is 14.1. The third-order valence-electron chi connectivity index (χ3n) is 12.2. The summed E-state index contributed by atoms with van der Waals surface area (Å²) in [7, 11) is -5.83. The van der Waals surface area contributed by atoms with Crippen LogP contribution in [0.4, 0.5) is 14.5 Å². The molecule has 7 rings (SSSR count). The van der Waals surface area contributed by atoms with Crippen molar-refractivity contribution in [2.45, 2.75) is 96.1 Å². The summed E-state index contributed by atoms with van der Waals surface area (Å²) in [5.41, 5.74) is -3.83. The van der Waals surface area contributed by atoms with Crippen LogP contribution in [0.5, 0.6) is 0 Å². The number of piperidine rings is 1. The van der Waals surface area contributed by atoms with Gasteiger partial charge in [-0.3, -0.25) is 43.4 Å². The van der Waals surface area contributed by atoms with Crippen LogP contribution in [0.2, 0.25) is 0 Å². The summed E-state index contributed by atoms with van der Waals surface area (Å²) in [5.74, 6) is 3.22. The molecule has 364 valence electrons. The fraction of sp³-hybridized carbons (Fsp3) is 0.396. The van der Waals surface area contributed by atoms with Gasteiger partial charge in [0.25, 0.3) is 11.8 Å². The largest absolute Gasteiger partial charge is 0.399 e. The molecule has 1 aromatic heterocycles. The van der Waals surface area contributed by atoms with E-state index < -0.39 is 66.0 Å². The molecule has 2 fully saturated rings. The van der Waals surface area contributed by atoms with Crippen molar-refractivity contribution in [1.29, 1.82) is 0 Å². The monoisotopic (exact) mass is 1100 g/mol. The summed E-state index contributed by atoms with van der Waals surface area (Å²) >= 11 is 3.10. The van der Waals surface area contributed by atoms with E-state index >= 15 is 0 Å². The van der Waals surface area contributed by atoms with Gasteiger partial charge in [0.1, 0.15) is 18.1 Å². The Kier molecular flexibility index (Phi) is 15.4. The first-order chi connectivity index (χ1) is 32.5. The Morgan fingerprint density at radius 3 is 2.46 bits per heavy atom. The van der Waals surface area contributed by atoms with Crippen LogP contribution in [-0.2, 0) is 40.7 Å². The molecule has 3 aliphatic rings. The number of halogens is 3. The van der Waals surface area contributed by atoms with Crippen molar-refractivity contribution < 1.29 is 56.7 Å². The Balaban J connectivity index is 0.965. The molecule has 0 radical (unpaired) electrons. The summed E-state index contributed by atoms with van der Waals surface area (Å²) in [5, 5.41) is 8.15. The zero-order valence-electron chi connectivity index (χ0n) is 37.9. The second-order valence-electron chi connectivity index (χ2n) is 18.1. The van der Waals surface area contributed by atoms with Crippen LogP contribution in [-0.4, -0.2) is 98.7 Å². The van der Waals surface area contributed by atoms with Gasteiger partial charge in [-0.05, 0) is 119 Å². The number of carbonyl (C=O) groups excluding carboxylic acids is 7. The highest BCUT2D eigenvalue weighted by Gasteiger charge is 2.50. The SMILES string of the molecule is CC(C)(C)C(NC(=O)c1cc2cc(C(F)(F)P(=O)(O)O)ccc2s1)C(=O)N1CCC[C@H]1C(=O)N(CCC(=O)NCCCC#Cc1cccc2c1CN(C1CCC(=O)NC1=O)C2=O)c1ccc(I)cc1. The fourth-order valence-corrected chi connectivity index (χ4v) is 10.3. The molecule has 3 aliphatic heterocycles. The number of thiophene rings is 1. The molecule has 0 aliphatic carbocycles. The van der Waals surface area contributed by atoms with Crippen molar-refractivity contribution in [3.05, 3.63) is 97.4 Å². The van der Waals surface area contributed by atoms with E-state index in [0.29, 0.717) is 53.7 Å². The number of rotatable bonds is 14. The molecule has 7 amide bonds. The van der Waals surface area contributed by atoms with Gasteiger partial charge in [-0.25, -0.2) is 0 Å². The Labute approximate surface area is 414 Å². The van der Waals surface area contributed by atoms with Crippen molar-refractivity contribution in [3.8, 4) is 11.8 Å². The molecule has 3 aromatic carbocycles. The van der Waals surface area contributed by atoms with Crippen molar-refractivity contribution in [3.63, 3.8) is 0 Å². The molecule has 4 aromatic rings. The van der Waals surface area contributed by atoms with E-state index in [1.165, 1.54) is 26.8 Å². The lowest BCUT2D eigenvalue weighted by atomic mass is 9.85. The van der Waals surface area contributed by atoms with Crippen LogP contribution in [0.3, 0.4) is 0 Å². The number of benzene rings is 3. The van der Waals surface area contributed by atoms with Gasteiger partial charge in [0.2, 0.25) is 29.5 Å². The highest BCUT2D eigenvalue weighted by atomic mass is 127. The molecular formula is C48H50F2IN6O10PS. The molecular weight excluding hydrogens is 1050 g/mol. The number of likely N-dealkylation sites (tertiary alicyclic amines) is 1. The van der Waals surface area contributed by atoms with Crippen LogP contribution in [0.1, 0.15) is 102 Å². The minimum absolute atomic E-state index is 0.00442. The number of hydrogen-bond acceptors (Lipinski definition) is 9. The number of imide groups is 1. The van der Waals surface area contributed by atoms with Gasteiger partial charge in [-0.2, -0.15) is 8.78 Å². The number of hydrogen-bond donors (Lipinski definition) is 5. The van der Waals surface area contributed by atoms with E-state index in [0.717, 1.165) is 32.6 Å². The number of unbranched alkanes of at least 4 members (excludes halogenated alkanes) is 1. The average molecular weight is 1100 g/mol. The van der Waals surface area contributed by atoms with E-state index in [9.17, 15) is 56.7 Å². The number of fused-ring (bicyclic) bond motifs is 2. The molecule has 4 heterocycles. The summed E-state index contributed by atoms with van der Waals surface area (Å²) in [6.07, 6.45) is 2.14. The van der Waals surface area contributed by atoms with Crippen molar-refractivity contribution in [2.75, 3.05) is 24.5 Å². The number of alkyl halides is 2. The predicted octanol–water partition coefficient (Wildman–Crippen LogP) is 6.00. The van der Waals surface area contributed by atoms with Crippen LogP contribution in [0, 0.1) is 20.8 Å². The Hall–Kier alpha value is -5.59. The zero-order valence-corrected chi connectivity index (χ0v) is 41.7. The Bertz CT molecular complexity index is 2840. The van der Waals surface area contributed by atoms with Crippen molar-refractivity contribution in [1.82, 2.24) is 25.8 Å². The molecule has 0 bridgehead atoms. The van der Waals surface area contributed by atoms with Gasteiger partial charge < -0.3 is 35.1 Å². The molecule has 2 saturated heterocycles. The Morgan fingerprint density at radius 2 is 1.77 bits per heavy atom. The van der Waals surface area contributed by atoms with Crippen LogP contribution in [0.15, 0.2) is 66.7 Å². The minimum atomic E-state index is -5.83. The molecule has 0 spiro atoms. The number of nitrogens with one attached hydrogen (secondary N) is 3. The quantitative estimate of drug-likeness (QED) is 0.0326. The molecule has 0 saturated carbocycles. The first kappa shape index (κ1) is 51.3. The fourth-order valence-electron chi connectivity index (χ4n) is 8.55. The summed E-state index contributed by atoms with van der Waals surface area (Å²) in [6.45, 7) is 6.01. The molecule has 5 N–H and O–H groups in total. The lowest BCUT2D eigenvalue weighted by molar-refractivity contribution is -0.141. The van der Waals surface area contributed by atoms with E-state index in [1.807, 2.05) is 12.1 Å². The first-order valence-corrected chi connectivity index (χ1v) is 25.7. The lowest BCUT2D eigenvalue weighted by Crippen LogP contribution is -2.58. The van der Waals surface area contributed by atoms with E-state index in [4.69, 9.17) is 0 Å². The smallest absolute Gasteiger partial charge is 0.356 e. The molecule has 3 atom stereocenters. The van der Waals surface area contributed by atoms with Crippen LogP contribution in [0.25, 0.3) is 10.1 Å². The maximum absolute atomic E-state index is 14.5. The summed E-state index contributed by atoms with van der Waals surface area (Å²) in [4.78, 5) is 116. The maximum atomic E-state index is 14.5. The number of nitrogens with zero attached hydrogens (tertiary/aromatic N) is 3. The normalized spacial score (nSPS) is 17.8. The van der Waals surface area contributed by atoms with Gasteiger partial charge >= 0.3 is 13.3 Å². The van der Waals surface area contributed by atoms with E-state index in [-0.39, 0.29) is 66.9 Å². The third-order valence-corrected chi connectivity index (χ3v) is 15.1. The molecule has 69 heavy (non-hydrogen) atoms. The summed E-state index contributed by atoms with van der Waals surface area (Å²) < 4.78 is 41.8. The second kappa shape index (κ2) is 20.8. The van der Waals surface area contributed by atoms with Crippen molar-refractivity contribution in [2.24, 2.45) is 5.41 Å². The topological polar surface area (TPSA) is 223 Å². The maximum Gasteiger partial charge on any atom is 0.399 e. The molecule has 16 nitrogen and oxygen atoms in total. The predicted molar refractivity (Wildman–Crippen MR) is 261 cm³/mol. The zero-order chi connectivity index (χ0) is 50.0. The highest BCUT2D eigenvalue weighted by Crippen LogP contribution is 2.59. The number of carbonyl (C=O) groups is 7. The third kappa shape index (κ3) is 11.4. The number of anilines is 1. The van der Waals surface area contributed by atoms with Gasteiger partial charge in [-0.1, -0.05) is 44.7 Å². The lowest BCUT2D eigenvalue weighted by Gasteiger charge is -2.36. The average Bonchev–Trinajstić information content (AvgIpc) is 4.04. The van der Waals surface area contributed by atoms with Crippen LogP contribution < -0.4 is 20.9 Å². The summed E-state index contributed by atoms with van der Waals surface area (Å²) in [6, 6.07) is 14.0. The van der Waals surface area contributed by atoms with E-state index in [2.05, 4.69) is 50.4 Å². The minimum Gasteiger partial charge on any atom is -0.356 e. The van der Waals surface area contributed by atoms with Gasteiger partial charge in [0.05, 0.1) is 4.88 Å². The van der Waals surface area contributed by atoms with E-state index in [1.54, 1.807) is 51.1 Å². The number of amides is 7. The van der Waals surface area contributed by atoms with Gasteiger partial charge in [0.15, 0.2) is 0 Å². The van der Waals surface area contributed by atoms with Gasteiger partial charge in [-0.15, -0.1) is 11.3 Å².